The highest BCUT2D eigenvalue weighted by Gasteiger charge is 2.35. The molecule has 1 rings (SSSR count). The molecule has 0 heterocycles. The topological polar surface area (TPSA) is 83.4 Å². The van der Waals surface area contributed by atoms with Crippen LogP contribution in [0.5, 0.6) is 0 Å². The zero-order chi connectivity index (χ0) is 15.3. The van der Waals surface area contributed by atoms with Crippen molar-refractivity contribution in [2.24, 2.45) is 0 Å². The van der Waals surface area contributed by atoms with E-state index in [0.717, 1.165) is 12.1 Å². The van der Waals surface area contributed by atoms with Crippen molar-refractivity contribution in [3.05, 3.63) is 40.8 Å². The number of benzene rings is 1. The summed E-state index contributed by atoms with van der Waals surface area (Å²) in [6, 6.07) is 6.23. The first-order chi connectivity index (χ1) is 9.35. The SMILES string of the molecule is N#CC(C#N)=C(C#N)Nc1c(F)cccc1C(F)(F)F. The third-order valence-electron chi connectivity index (χ3n) is 2.15. The number of hydrogen-bond acceptors (Lipinski definition) is 4. The van der Waals surface area contributed by atoms with Crippen molar-refractivity contribution in [2.45, 2.75) is 6.18 Å². The van der Waals surface area contributed by atoms with Crippen molar-refractivity contribution in [3.63, 3.8) is 0 Å². The lowest BCUT2D eigenvalue weighted by molar-refractivity contribution is -0.137. The van der Waals surface area contributed by atoms with Gasteiger partial charge in [0.15, 0.2) is 5.57 Å². The van der Waals surface area contributed by atoms with Gasteiger partial charge in [-0.15, -0.1) is 0 Å². The first kappa shape index (κ1) is 15.0. The first-order valence-corrected chi connectivity index (χ1v) is 4.92. The second-order valence-electron chi connectivity index (χ2n) is 3.37. The van der Waals surface area contributed by atoms with E-state index in [0.29, 0.717) is 6.07 Å². The van der Waals surface area contributed by atoms with Crippen LogP contribution in [0.3, 0.4) is 0 Å². The lowest BCUT2D eigenvalue weighted by Crippen LogP contribution is -2.12. The average molecular weight is 280 g/mol. The highest BCUT2D eigenvalue weighted by atomic mass is 19.4. The van der Waals surface area contributed by atoms with E-state index in [1.165, 1.54) is 18.2 Å². The van der Waals surface area contributed by atoms with E-state index in [9.17, 15) is 17.6 Å². The molecule has 100 valence electrons. The van der Waals surface area contributed by atoms with Gasteiger partial charge in [-0.05, 0) is 12.1 Å². The van der Waals surface area contributed by atoms with Crippen molar-refractivity contribution in [2.75, 3.05) is 5.32 Å². The fraction of sp³-hybridized carbons (Fsp3) is 0.0833. The number of rotatable bonds is 2. The van der Waals surface area contributed by atoms with Gasteiger partial charge in [0, 0.05) is 0 Å². The Morgan fingerprint density at radius 2 is 1.65 bits per heavy atom. The van der Waals surface area contributed by atoms with Crippen LogP contribution in [-0.2, 0) is 6.18 Å². The second kappa shape index (κ2) is 5.73. The van der Waals surface area contributed by atoms with Crippen LogP contribution in [-0.4, -0.2) is 0 Å². The lowest BCUT2D eigenvalue weighted by atomic mass is 10.1. The Balaban J connectivity index is 3.45. The van der Waals surface area contributed by atoms with Gasteiger partial charge < -0.3 is 5.32 Å². The van der Waals surface area contributed by atoms with Gasteiger partial charge in [-0.1, -0.05) is 6.07 Å². The monoisotopic (exact) mass is 280 g/mol. The van der Waals surface area contributed by atoms with Crippen LogP contribution in [0.25, 0.3) is 0 Å². The molecule has 0 aliphatic rings. The number of alkyl halides is 3. The maximum absolute atomic E-state index is 13.5. The lowest BCUT2D eigenvalue weighted by Gasteiger charge is -2.14. The number of halogens is 4. The highest BCUT2D eigenvalue weighted by molar-refractivity contribution is 5.62. The summed E-state index contributed by atoms with van der Waals surface area (Å²) in [5.74, 6) is -1.26. The van der Waals surface area contributed by atoms with E-state index in [4.69, 9.17) is 15.8 Å². The van der Waals surface area contributed by atoms with Gasteiger partial charge in [-0.25, -0.2) is 4.39 Å². The Hall–Kier alpha value is -3.05. The predicted octanol–water partition coefficient (Wildman–Crippen LogP) is 3.08. The molecule has 0 saturated carbocycles. The Morgan fingerprint density at radius 3 is 2.10 bits per heavy atom. The molecule has 0 atom stereocenters. The molecule has 0 amide bonds. The van der Waals surface area contributed by atoms with Gasteiger partial charge in [0.2, 0.25) is 0 Å². The van der Waals surface area contributed by atoms with E-state index >= 15 is 0 Å². The van der Waals surface area contributed by atoms with E-state index < -0.39 is 34.5 Å². The first-order valence-electron chi connectivity index (χ1n) is 4.92. The van der Waals surface area contributed by atoms with Gasteiger partial charge in [0.1, 0.15) is 29.7 Å². The van der Waals surface area contributed by atoms with Crippen molar-refractivity contribution in [1.29, 1.82) is 15.8 Å². The summed E-state index contributed by atoms with van der Waals surface area (Å²) < 4.78 is 51.6. The maximum Gasteiger partial charge on any atom is 0.418 e. The summed E-state index contributed by atoms with van der Waals surface area (Å²) in [4.78, 5) is 0. The Labute approximate surface area is 110 Å². The zero-order valence-corrected chi connectivity index (χ0v) is 9.59. The summed E-state index contributed by atoms with van der Waals surface area (Å²) in [5.41, 5.74) is -3.87. The molecule has 0 spiro atoms. The van der Waals surface area contributed by atoms with E-state index in [1.54, 1.807) is 0 Å². The standard InChI is InChI=1S/C12H4F4N4/c13-9-3-1-2-8(12(14,15)16)11(9)20-10(6-19)7(4-17)5-18/h1-3,20H. The van der Waals surface area contributed by atoms with Crippen LogP contribution in [0.2, 0.25) is 0 Å². The van der Waals surface area contributed by atoms with Crippen molar-refractivity contribution < 1.29 is 17.6 Å². The largest absolute Gasteiger partial charge is 0.418 e. The Bertz CT molecular complexity index is 667. The second-order valence-corrected chi connectivity index (χ2v) is 3.37. The molecule has 0 aliphatic carbocycles. The van der Waals surface area contributed by atoms with Crippen LogP contribution in [0.4, 0.5) is 23.2 Å². The van der Waals surface area contributed by atoms with Gasteiger partial charge in [0.25, 0.3) is 0 Å². The molecule has 20 heavy (non-hydrogen) atoms. The molecule has 0 fully saturated rings. The minimum atomic E-state index is -4.86. The molecule has 0 aromatic heterocycles. The number of nitrogens with one attached hydrogen (secondary N) is 1. The molecule has 1 aromatic carbocycles. The molecule has 1 N–H and O–H groups in total. The van der Waals surface area contributed by atoms with Crippen molar-refractivity contribution in [3.8, 4) is 18.2 Å². The molecule has 0 bridgehead atoms. The van der Waals surface area contributed by atoms with E-state index in [1.807, 2.05) is 5.32 Å². The summed E-state index contributed by atoms with van der Waals surface area (Å²) in [6.07, 6.45) is -4.86. The highest BCUT2D eigenvalue weighted by Crippen LogP contribution is 2.36. The molecule has 0 unspecified atom stereocenters. The minimum absolute atomic E-state index is 0.610. The van der Waals surface area contributed by atoms with E-state index in [2.05, 4.69) is 0 Å². The molecule has 0 saturated heterocycles. The quantitative estimate of drug-likeness (QED) is 0.666. The number of nitriles is 3. The molecule has 8 heteroatoms. The maximum atomic E-state index is 13.5. The number of anilines is 1. The van der Waals surface area contributed by atoms with Crippen LogP contribution in [0.15, 0.2) is 29.5 Å². The number of hydrogen-bond donors (Lipinski definition) is 1. The summed E-state index contributed by atoms with van der Waals surface area (Å²) >= 11 is 0. The molecule has 1 aromatic rings. The molecule has 0 radical (unpaired) electrons. The van der Waals surface area contributed by atoms with Crippen LogP contribution >= 0.6 is 0 Å². The van der Waals surface area contributed by atoms with Crippen molar-refractivity contribution >= 4 is 5.69 Å². The molecular weight excluding hydrogens is 276 g/mol. The molecular formula is C12H4F4N4. The zero-order valence-electron chi connectivity index (χ0n) is 9.59. The van der Waals surface area contributed by atoms with Gasteiger partial charge in [0.05, 0.1) is 11.3 Å². The Morgan fingerprint density at radius 1 is 1.05 bits per heavy atom. The minimum Gasteiger partial charge on any atom is -0.342 e. The number of nitrogens with zero attached hydrogens (tertiary/aromatic N) is 3. The van der Waals surface area contributed by atoms with Gasteiger partial charge in [-0.3, -0.25) is 0 Å². The third kappa shape index (κ3) is 3.04. The predicted molar refractivity (Wildman–Crippen MR) is 58.9 cm³/mol. The summed E-state index contributed by atoms with van der Waals surface area (Å²) in [5, 5.41) is 27.7. The summed E-state index contributed by atoms with van der Waals surface area (Å²) in [7, 11) is 0. The number of para-hydroxylation sites is 1. The third-order valence-corrected chi connectivity index (χ3v) is 2.15. The van der Waals surface area contributed by atoms with Crippen LogP contribution < -0.4 is 5.32 Å². The fourth-order valence-corrected chi connectivity index (χ4v) is 1.30. The average Bonchev–Trinajstić information content (AvgIpc) is 2.39. The van der Waals surface area contributed by atoms with Crippen molar-refractivity contribution in [1.82, 2.24) is 0 Å². The van der Waals surface area contributed by atoms with E-state index in [-0.39, 0.29) is 0 Å². The van der Waals surface area contributed by atoms with Crippen LogP contribution in [0.1, 0.15) is 5.56 Å². The normalized spacial score (nSPS) is 9.85. The number of allylic oxidation sites excluding steroid dienone is 2. The fourth-order valence-electron chi connectivity index (χ4n) is 1.30. The van der Waals surface area contributed by atoms with Gasteiger partial charge >= 0.3 is 6.18 Å². The Kier molecular flexibility index (Phi) is 4.30. The smallest absolute Gasteiger partial charge is 0.342 e. The van der Waals surface area contributed by atoms with Crippen LogP contribution in [0, 0.1) is 39.8 Å². The molecule has 4 nitrogen and oxygen atoms in total. The summed E-state index contributed by atoms with van der Waals surface area (Å²) in [6.45, 7) is 0. The van der Waals surface area contributed by atoms with Gasteiger partial charge in [-0.2, -0.15) is 29.0 Å². The molecule has 0 aliphatic heterocycles.